The molecule has 1 N–H and O–H groups in total. The van der Waals surface area contributed by atoms with Gasteiger partial charge in [-0.2, -0.15) is 0 Å². The Morgan fingerprint density at radius 1 is 1.26 bits per heavy atom. The van der Waals surface area contributed by atoms with Gasteiger partial charge in [0.25, 0.3) is 0 Å². The lowest BCUT2D eigenvalue weighted by Crippen LogP contribution is -2.05. The van der Waals surface area contributed by atoms with E-state index in [0.29, 0.717) is 5.69 Å². The molecule has 0 unspecified atom stereocenters. The molecule has 0 aliphatic heterocycles. The molecule has 1 aromatic heterocycles. The minimum atomic E-state index is -0.940. The number of pyridine rings is 1. The van der Waals surface area contributed by atoms with Gasteiger partial charge in [0.2, 0.25) is 0 Å². The highest BCUT2D eigenvalue weighted by Gasteiger charge is 2.16. The number of benzene rings is 1. The summed E-state index contributed by atoms with van der Waals surface area (Å²) in [6.45, 7) is 3.59. The maximum atomic E-state index is 11.3. The van der Waals surface area contributed by atoms with Crippen LogP contribution in [0, 0.1) is 13.8 Å². The lowest BCUT2D eigenvalue weighted by atomic mass is 10.2. The van der Waals surface area contributed by atoms with E-state index in [1.165, 1.54) is 11.8 Å². The summed E-state index contributed by atoms with van der Waals surface area (Å²) in [5.74, 6) is -0.940. The molecule has 0 radical (unpaired) electrons. The molecule has 0 amide bonds. The fraction of sp³-hybridized carbons (Fsp3) is 0.143. The third-order valence-corrected chi connectivity index (χ3v) is 4.13. The molecular weight excluding hydrogens is 326 g/mol. The predicted molar refractivity (Wildman–Crippen MR) is 78.9 cm³/mol. The first-order valence-electron chi connectivity index (χ1n) is 5.62. The minimum Gasteiger partial charge on any atom is -0.478 e. The third-order valence-electron chi connectivity index (χ3n) is 2.55. The van der Waals surface area contributed by atoms with Crippen molar-refractivity contribution in [2.24, 2.45) is 0 Å². The van der Waals surface area contributed by atoms with Crippen molar-refractivity contribution in [2.75, 3.05) is 0 Å². The Morgan fingerprint density at radius 3 is 2.47 bits per heavy atom. The average molecular weight is 338 g/mol. The third kappa shape index (κ3) is 3.36. The van der Waals surface area contributed by atoms with Crippen molar-refractivity contribution in [3.8, 4) is 0 Å². The van der Waals surface area contributed by atoms with Crippen LogP contribution < -0.4 is 0 Å². The number of carbonyl (C=O) groups is 1. The Labute approximate surface area is 124 Å². The van der Waals surface area contributed by atoms with Crippen LogP contribution in [0.1, 0.15) is 21.7 Å². The molecule has 3 nitrogen and oxygen atoms in total. The molecule has 2 rings (SSSR count). The van der Waals surface area contributed by atoms with E-state index in [1.807, 2.05) is 37.3 Å². The second kappa shape index (κ2) is 5.75. The van der Waals surface area contributed by atoms with Crippen LogP contribution >= 0.6 is 27.7 Å². The van der Waals surface area contributed by atoms with Gasteiger partial charge in [0, 0.05) is 20.0 Å². The lowest BCUT2D eigenvalue weighted by Gasteiger charge is -2.09. The highest BCUT2D eigenvalue weighted by Crippen LogP contribution is 2.32. The normalized spacial score (nSPS) is 10.5. The summed E-state index contributed by atoms with van der Waals surface area (Å²) in [5.41, 5.74) is 1.65. The van der Waals surface area contributed by atoms with E-state index in [9.17, 15) is 9.90 Å². The predicted octanol–water partition coefficient (Wildman–Crippen LogP) is 4.31. The van der Waals surface area contributed by atoms with E-state index in [1.54, 1.807) is 6.92 Å². The number of carboxylic acids is 1. The fourth-order valence-electron chi connectivity index (χ4n) is 1.76. The Kier molecular flexibility index (Phi) is 4.27. The summed E-state index contributed by atoms with van der Waals surface area (Å²) in [5, 5.41) is 9.30. The van der Waals surface area contributed by atoms with Crippen LogP contribution in [0.4, 0.5) is 0 Å². The van der Waals surface area contributed by atoms with Crippen molar-refractivity contribution in [2.45, 2.75) is 23.6 Å². The number of nitrogens with zero attached hydrogens (tertiary/aromatic N) is 1. The standard InChI is InChI=1S/C14H12BrNO2S/c1-8-7-12(13(14(17)18)9(2)16-8)19-11-5-3-10(15)4-6-11/h3-7H,1-2H3,(H,17,18). The quantitative estimate of drug-likeness (QED) is 0.906. The van der Waals surface area contributed by atoms with Crippen molar-refractivity contribution in [1.29, 1.82) is 0 Å². The lowest BCUT2D eigenvalue weighted by molar-refractivity contribution is 0.0691. The molecule has 0 atom stereocenters. The summed E-state index contributed by atoms with van der Waals surface area (Å²) >= 11 is 4.82. The first kappa shape index (κ1) is 14.1. The van der Waals surface area contributed by atoms with Crippen LogP contribution in [0.15, 0.2) is 44.6 Å². The number of rotatable bonds is 3. The van der Waals surface area contributed by atoms with E-state index >= 15 is 0 Å². The SMILES string of the molecule is Cc1cc(Sc2ccc(Br)cc2)c(C(=O)O)c(C)n1. The maximum Gasteiger partial charge on any atom is 0.338 e. The Bertz CT molecular complexity index is 626. The maximum absolute atomic E-state index is 11.3. The summed E-state index contributed by atoms with van der Waals surface area (Å²) in [6, 6.07) is 9.58. The van der Waals surface area contributed by atoms with Gasteiger partial charge in [-0.25, -0.2) is 4.79 Å². The highest BCUT2D eigenvalue weighted by molar-refractivity contribution is 9.10. The van der Waals surface area contributed by atoms with Gasteiger partial charge in [-0.3, -0.25) is 4.98 Å². The van der Waals surface area contributed by atoms with E-state index in [2.05, 4.69) is 20.9 Å². The van der Waals surface area contributed by atoms with Gasteiger partial charge in [-0.1, -0.05) is 27.7 Å². The molecule has 0 bridgehead atoms. The van der Waals surface area contributed by atoms with Gasteiger partial charge < -0.3 is 5.11 Å². The van der Waals surface area contributed by atoms with Gasteiger partial charge >= 0.3 is 5.97 Å². The fourth-order valence-corrected chi connectivity index (χ4v) is 3.12. The smallest absolute Gasteiger partial charge is 0.338 e. The highest BCUT2D eigenvalue weighted by atomic mass is 79.9. The summed E-state index contributed by atoms with van der Waals surface area (Å²) in [6.07, 6.45) is 0. The first-order chi connectivity index (χ1) is 8.97. The van der Waals surface area contributed by atoms with Crippen LogP contribution in [-0.2, 0) is 0 Å². The molecule has 19 heavy (non-hydrogen) atoms. The number of aromatic carboxylic acids is 1. The van der Waals surface area contributed by atoms with Crippen molar-refractivity contribution in [3.63, 3.8) is 0 Å². The number of carboxylic acid groups (broad SMARTS) is 1. The monoisotopic (exact) mass is 337 g/mol. The summed E-state index contributed by atoms with van der Waals surface area (Å²) < 4.78 is 0.998. The van der Waals surface area contributed by atoms with Gasteiger partial charge in [-0.15, -0.1) is 0 Å². The van der Waals surface area contributed by atoms with Gasteiger partial charge in [0.15, 0.2) is 0 Å². The van der Waals surface area contributed by atoms with Crippen molar-refractivity contribution in [1.82, 2.24) is 4.98 Å². The zero-order valence-electron chi connectivity index (χ0n) is 10.5. The van der Waals surface area contributed by atoms with E-state index < -0.39 is 5.97 Å². The summed E-state index contributed by atoms with van der Waals surface area (Å²) in [7, 11) is 0. The Balaban J connectivity index is 2.44. The molecule has 0 fully saturated rings. The number of hydrogen-bond donors (Lipinski definition) is 1. The molecule has 98 valence electrons. The van der Waals surface area contributed by atoms with Crippen molar-refractivity contribution in [3.05, 3.63) is 51.8 Å². The Hall–Kier alpha value is -1.33. The average Bonchev–Trinajstić information content (AvgIpc) is 2.30. The number of halogens is 1. The Morgan fingerprint density at radius 2 is 1.89 bits per heavy atom. The molecule has 0 aliphatic carbocycles. The van der Waals surface area contributed by atoms with Crippen LogP contribution in [0.5, 0.6) is 0 Å². The molecule has 0 saturated carbocycles. The van der Waals surface area contributed by atoms with Gasteiger partial charge in [0.05, 0.1) is 11.3 Å². The molecule has 1 aromatic carbocycles. The van der Waals surface area contributed by atoms with Gasteiger partial charge in [0.1, 0.15) is 0 Å². The largest absolute Gasteiger partial charge is 0.478 e. The molecule has 1 heterocycles. The second-order valence-electron chi connectivity index (χ2n) is 4.08. The first-order valence-corrected chi connectivity index (χ1v) is 7.23. The van der Waals surface area contributed by atoms with E-state index in [0.717, 1.165) is 20.0 Å². The molecule has 0 spiro atoms. The zero-order valence-corrected chi connectivity index (χ0v) is 12.9. The number of aromatic nitrogens is 1. The van der Waals surface area contributed by atoms with Crippen LogP contribution in [-0.4, -0.2) is 16.1 Å². The molecular formula is C14H12BrNO2S. The topological polar surface area (TPSA) is 50.2 Å². The number of hydrogen-bond acceptors (Lipinski definition) is 3. The molecule has 5 heteroatoms. The van der Waals surface area contributed by atoms with Crippen LogP contribution in [0.2, 0.25) is 0 Å². The molecule has 0 aliphatic rings. The summed E-state index contributed by atoms with van der Waals surface area (Å²) in [4.78, 5) is 17.3. The number of aryl methyl sites for hydroxylation is 2. The van der Waals surface area contributed by atoms with Crippen molar-refractivity contribution < 1.29 is 9.90 Å². The van der Waals surface area contributed by atoms with E-state index in [-0.39, 0.29) is 5.56 Å². The second-order valence-corrected chi connectivity index (χ2v) is 6.11. The molecule has 0 saturated heterocycles. The van der Waals surface area contributed by atoms with Gasteiger partial charge in [-0.05, 0) is 44.2 Å². The van der Waals surface area contributed by atoms with E-state index in [4.69, 9.17) is 0 Å². The minimum absolute atomic E-state index is 0.276. The van der Waals surface area contributed by atoms with Crippen LogP contribution in [0.3, 0.4) is 0 Å². The molecule has 2 aromatic rings. The van der Waals surface area contributed by atoms with Crippen molar-refractivity contribution >= 4 is 33.7 Å². The zero-order chi connectivity index (χ0) is 14.0. The van der Waals surface area contributed by atoms with Crippen LogP contribution in [0.25, 0.3) is 0 Å².